The number of hydrogen-bond donors (Lipinski definition) is 2. The zero-order chi connectivity index (χ0) is 19.3. The van der Waals surface area contributed by atoms with E-state index in [2.05, 4.69) is 10.6 Å². The number of carbonyl (C=O) groups is 3. The van der Waals surface area contributed by atoms with Gasteiger partial charge in [-0.05, 0) is 0 Å². The highest BCUT2D eigenvalue weighted by Gasteiger charge is 2.01. The molecule has 0 saturated heterocycles. The molecule has 0 saturated carbocycles. The maximum absolute atomic E-state index is 11.4. The molecule has 148 valence electrons. The van der Waals surface area contributed by atoms with E-state index in [1.807, 2.05) is 20.8 Å². The van der Waals surface area contributed by atoms with Crippen molar-refractivity contribution in [2.75, 3.05) is 52.7 Å². The van der Waals surface area contributed by atoms with Gasteiger partial charge in [-0.3, -0.25) is 14.4 Å². The Bertz CT molecular complexity index is 350. The van der Waals surface area contributed by atoms with Gasteiger partial charge >= 0.3 is 0 Å². The minimum atomic E-state index is -0.231. The van der Waals surface area contributed by atoms with E-state index < -0.39 is 0 Å². The monoisotopic (exact) mass is 362 g/mol. The lowest BCUT2D eigenvalue weighted by molar-refractivity contribution is -0.126. The summed E-state index contributed by atoms with van der Waals surface area (Å²) in [6.45, 7) is 9.92. The Hall–Kier alpha value is -1.51. The first-order valence-corrected chi connectivity index (χ1v) is 8.82. The fourth-order valence-corrected chi connectivity index (χ4v) is 1.46. The van der Waals surface area contributed by atoms with Gasteiger partial charge in [0, 0.05) is 32.9 Å². The van der Waals surface area contributed by atoms with Crippen LogP contribution in [0.2, 0.25) is 0 Å². The van der Waals surface area contributed by atoms with Crippen LogP contribution in [-0.4, -0.2) is 70.3 Å². The van der Waals surface area contributed by atoms with E-state index in [1.165, 1.54) is 6.92 Å². The number of amides is 2. The van der Waals surface area contributed by atoms with Crippen molar-refractivity contribution in [1.82, 2.24) is 10.6 Å². The molecular formula is C17H34N2O6. The van der Waals surface area contributed by atoms with E-state index in [9.17, 15) is 14.4 Å². The van der Waals surface area contributed by atoms with Crippen LogP contribution in [0.5, 0.6) is 0 Å². The van der Waals surface area contributed by atoms with Crippen LogP contribution in [0.15, 0.2) is 0 Å². The summed E-state index contributed by atoms with van der Waals surface area (Å²) < 4.78 is 15.6. The third-order valence-electron chi connectivity index (χ3n) is 2.71. The third kappa shape index (κ3) is 22.5. The molecule has 0 aromatic rings. The Kier molecular flexibility index (Phi) is 21.1. The van der Waals surface area contributed by atoms with Gasteiger partial charge < -0.3 is 24.8 Å². The Morgan fingerprint density at radius 1 is 0.800 bits per heavy atom. The van der Waals surface area contributed by atoms with Crippen LogP contribution < -0.4 is 10.6 Å². The molecule has 0 rings (SSSR count). The van der Waals surface area contributed by atoms with Gasteiger partial charge in [0.1, 0.15) is 12.4 Å². The normalized spacial score (nSPS) is 9.76. The second-order valence-corrected chi connectivity index (χ2v) is 4.75. The highest BCUT2D eigenvalue weighted by atomic mass is 16.5. The first kappa shape index (κ1) is 25.7. The number of carbonyl (C=O) groups excluding carboxylic acids is 3. The molecule has 0 bridgehead atoms. The van der Waals surface area contributed by atoms with Crippen LogP contribution in [0.25, 0.3) is 0 Å². The second-order valence-electron chi connectivity index (χ2n) is 4.75. The van der Waals surface area contributed by atoms with Crippen molar-refractivity contribution in [3.05, 3.63) is 0 Å². The molecule has 0 aliphatic rings. The van der Waals surface area contributed by atoms with Gasteiger partial charge in [0.05, 0.1) is 33.0 Å². The molecular weight excluding hydrogens is 328 g/mol. The molecule has 0 heterocycles. The number of hydrogen-bond acceptors (Lipinski definition) is 6. The van der Waals surface area contributed by atoms with Crippen LogP contribution in [0, 0.1) is 0 Å². The molecule has 2 N–H and O–H groups in total. The molecule has 0 fully saturated rings. The van der Waals surface area contributed by atoms with Crippen LogP contribution in [-0.2, 0) is 28.6 Å². The van der Waals surface area contributed by atoms with Gasteiger partial charge in [0.15, 0.2) is 0 Å². The summed E-state index contributed by atoms with van der Waals surface area (Å²) >= 11 is 0. The quantitative estimate of drug-likeness (QED) is 0.415. The maximum atomic E-state index is 11.4. The molecule has 0 aromatic heterocycles. The summed E-state index contributed by atoms with van der Waals surface area (Å²) in [6, 6.07) is 0. The first-order chi connectivity index (χ1) is 12.1. The summed E-state index contributed by atoms with van der Waals surface area (Å²) in [5, 5.41) is 5.21. The second kappa shape index (κ2) is 20.5. The van der Waals surface area contributed by atoms with E-state index in [-0.39, 0.29) is 24.2 Å². The Labute approximate surface area is 151 Å². The van der Waals surface area contributed by atoms with Gasteiger partial charge in [0.25, 0.3) is 0 Å². The lowest BCUT2D eigenvalue weighted by Crippen LogP contribution is -2.32. The van der Waals surface area contributed by atoms with Crippen molar-refractivity contribution in [3.8, 4) is 0 Å². The smallest absolute Gasteiger partial charge is 0.246 e. The predicted molar refractivity (Wildman–Crippen MR) is 95.4 cm³/mol. The largest absolute Gasteiger partial charge is 0.379 e. The molecule has 8 nitrogen and oxygen atoms in total. The molecule has 0 spiro atoms. The van der Waals surface area contributed by atoms with Crippen LogP contribution in [0.4, 0.5) is 0 Å². The summed E-state index contributed by atoms with van der Waals surface area (Å²) in [5.74, 6) is -0.171. The number of ether oxygens (including phenoxy) is 3. The average Bonchev–Trinajstić information content (AvgIpc) is 2.61. The molecule has 0 aliphatic carbocycles. The van der Waals surface area contributed by atoms with Crippen molar-refractivity contribution in [2.24, 2.45) is 0 Å². The molecule has 0 atom stereocenters. The maximum Gasteiger partial charge on any atom is 0.246 e. The zero-order valence-corrected chi connectivity index (χ0v) is 16.0. The summed E-state index contributed by atoms with van der Waals surface area (Å²) in [7, 11) is 0. The fourth-order valence-electron chi connectivity index (χ4n) is 1.46. The Morgan fingerprint density at radius 3 is 1.96 bits per heavy atom. The standard InChI is InChI=1S/C15H28N2O6.C2H6/c1-3-14(19)4-7-21-10-11-22-8-6-17-15(20)12-23-9-5-16-13(2)18;1-2/h3-12H2,1-2H3,(H,16,18)(H,17,20);1-2H3. The van der Waals surface area contributed by atoms with E-state index in [4.69, 9.17) is 14.2 Å². The van der Waals surface area contributed by atoms with E-state index in [0.717, 1.165) is 0 Å². The molecule has 0 radical (unpaired) electrons. The van der Waals surface area contributed by atoms with Crippen molar-refractivity contribution < 1.29 is 28.6 Å². The molecule has 0 aliphatic heterocycles. The average molecular weight is 362 g/mol. The van der Waals surface area contributed by atoms with Crippen molar-refractivity contribution in [2.45, 2.75) is 40.5 Å². The fraction of sp³-hybridized carbons (Fsp3) is 0.824. The van der Waals surface area contributed by atoms with E-state index in [1.54, 1.807) is 0 Å². The third-order valence-corrected chi connectivity index (χ3v) is 2.71. The number of rotatable bonds is 15. The van der Waals surface area contributed by atoms with Gasteiger partial charge in [-0.1, -0.05) is 20.8 Å². The lowest BCUT2D eigenvalue weighted by Gasteiger charge is -2.08. The van der Waals surface area contributed by atoms with Crippen molar-refractivity contribution in [1.29, 1.82) is 0 Å². The molecule has 8 heteroatoms. The Morgan fingerprint density at radius 2 is 1.36 bits per heavy atom. The number of ketones is 1. The summed E-state index contributed by atoms with van der Waals surface area (Å²) in [4.78, 5) is 33.0. The van der Waals surface area contributed by atoms with Crippen molar-refractivity contribution in [3.63, 3.8) is 0 Å². The van der Waals surface area contributed by atoms with E-state index in [0.29, 0.717) is 59.0 Å². The minimum absolute atomic E-state index is 0.0475. The topological polar surface area (TPSA) is 103 Å². The highest BCUT2D eigenvalue weighted by molar-refractivity contribution is 5.78. The molecule has 2 amide bonds. The summed E-state index contributed by atoms with van der Waals surface area (Å²) in [6.07, 6.45) is 0.977. The zero-order valence-electron chi connectivity index (χ0n) is 16.0. The highest BCUT2D eigenvalue weighted by Crippen LogP contribution is 1.89. The van der Waals surface area contributed by atoms with Gasteiger partial charge in [-0.25, -0.2) is 0 Å². The minimum Gasteiger partial charge on any atom is -0.379 e. The van der Waals surface area contributed by atoms with Crippen LogP contribution in [0.1, 0.15) is 40.5 Å². The van der Waals surface area contributed by atoms with E-state index >= 15 is 0 Å². The SMILES string of the molecule is CC.CCC(=O)CCOCCOCCNC(=O)COCCNC(C)=O. The van der Waals surface area contributed by atoms with Crippen LogP contribution >= 0.6 is 0 Å². The predicted octanol–water partition coefficient (Wildman–Crippen LogP) is 0.684. The van der Waals surface area contributed by atoms with Crippen LogP contribution in [0.3, 0.4) is 0 Å². The van der Waals surface area contributed by atoms with Crippen molar-refractivity contribution >= 4 is 17.6 Å². The van der Waals surface area contributed by atoms with Gasteiger partial charge in [-0.2, -0.15) is 0 Å². The number of nitrogens with one attached hydrogen (secondary N) is 2. The summed E-state index contributed by atoms with van der Waals surface area (Å²) in [5.41, 5.74) is 0. The number of Topliss-reactive ketones (excluding diaryl/α,β-unsaturated/α-hetero) is 1. The lowest BCUT2D eigenvalue weighted by atomic mass is 10.2. The molecule has 25 heavy (non-hydrogen) atoms. The van der Waals surface area contributed by atoms with Gasteiger partial charge in [-0.15, -0.1) is 0 Å². The molecule has 0 unspecified atom stereocenters. The first-order valence-electron chi connectivity index (χ1n) is 8.82. The van der Waals surface area contributed by atoms with Gasteiger partial charge in [0.2, 0.25) is 11.8 Å². The molecule has 0 aromatic carbocycles. The Balaban J connectivity index is 0.